The number of aromatic nitrogens is 2. The van der Waals surface area contributed by atoms with Gasteiger partial charge in [-0.05, 0) is 42.3 Å². The molecule has 0 spiro atoms. The number of aromatic amines is 1. The lowest BCUT2D eigenvalue weighted by Crippen LogP contribution is -2.32. The summed E-state index contributed by atoms with van der Waals surface area (Å²) in [6, 6.07) is 11.1. The number of likely N-dealkylation sites (tertiary alicyclic amines) is 1. The molecule has 3 aromatic rings. The van der Waals surface area contributed by atoms with Gasteiger partial charge in [0.15, 0.2) is 0 Å². The molecule has 0 saturated carbocycles. The van der Waals surface area contributed by atoms with Crippen LogP contribution in [0.2, 0.25) is 0 Å². The van der Waals surface area contributed by atoms with Crippen molar-refractivity contribution < 1.29 is 28.2 Å². The van der Waals surface area contributed by atoms with E-state index < -0.39 is 31.0 Å². The second-order valence-electron chi connectivity index (χ2n) is 7.99. The lowest BCUT2D eigenvalue weighted by Gasteiger charge is -2.25. The number of hydrogen-bond acceptors (Lipinski definition) is 5. The zero-order valence-corrected chi connectivity index (χ0v) is 18.4. The summed E-state index contributed by atoms with van der Waals surface area (Å²) in [6.07, 6.45) is 0.269. The first-order valence-electron chi connectivity index (χ1n) is 10.7. The Hall–Kier alpha value is -3.79. The van der Waals surface area contributed by atoms with Crippen LogP contribution in [0.15, 0.2) is 54.9 Å². The van der Waals surface area contributed by atoms with Gasteiger partial charge < -0.3 is 20.1 Å². The van der Waals surface area contributed by atoms with Gasteiger partial charge in [-0.3, -0.25) is 14.7 Å². The minimum atomic E-state index is -2.65. The average molecular weight is 470 g/mol. The maximum atomic E-state index is 13.4. The van der Waals surface area contributed by atoms with E-state index >= 15 is 0 Å². The summed E-state index contributed by atoms with van der Waals surface area (Å²) in [5.41, 5.74) is 2.81. The summed E-state index contributed by atoms with van der Waals surface area (Å²) in [5, 5.41) is 19.2. The molecular weight excluding hydrogens is 446 g/mol. The molecule has 3 N–H and O–H groups in total. The van der Waals surface area contributed by atoms with E-state index in [2.05, 4.69) is 15.5 Å². The third-order valence-corrected chi connectivity index (χ3v) is 5.75. The third-order valence-electron chi connectivity index (χ3n) is 5.75. The average Bonchev–Trinajstić information content (AvgIpc) is 3.51. The van der Waals surface area contributed by atoms with Crippen molar-refractivity contribution in [2.24, 2.45) is 0 Å². The molecule has 1 fully saturated rings. The Morgan fingerprint density at radius 2 is 2.09 bits per heavy atom. The van der Waals surface area contributed by atoms with Crippen LogP contribution in [-0.2, 0) is 0 Å². The number of carbonyl (C=O) groups is 2. The number of aliphatic hydroxyl groups excluding tert-OH is 1. The van der Waals surface area contributed by atoms with Crippen molar-refractivity contribution in [2.75, 3.05) is 20.2 Å². The Bertz CT molecular complexity index is 1170. The maximum absolute atomic E-state index is 13.4. The van der Waals surface area contributed by atoms with Gasteiger partial charge in [0.1, 0.15) is 5.75 Å². The van der Waals surface area contributed by atoms with Crippen LogP contribution in [-0.4, -0.2) is 64.7 Å². The highest BCUT2D eigenvalue weighted by Gasteiger charge is 2.36. The van der Waals surface area contributed by atoms with Crippen molar-refractivity contribution in [3.05, 3.63) is 71.5 Å². The fourth-order valence-corrected chi connectivity index (χ4v) is 4.14. The highest BCUT2D eigenvalue weighted by molar-refractivity contribution is 5.96. The zero-order chi connectivity index (χ0) is 24.2. The van der Waals surface area contributed by atoms with Gasteiger partial charge in [-0.2, -0.15) is 5.10 Å². The van der Waals surface area contributed by atoms with Gasteiger partial charge in [-0.15, -0.1) is 0 Å². The number of β-amino-alcohol motifs (C(OH)–C–C–N with tert-alkyl or cyclic N) is 1. The van der Waals surface area contributed by atoms with Crippen LogP contribution in [0.5, 0.6) is 5.75 Å². The van der Waals surface area contributed by atoms with Crippen LogP contribution in [0.1, 0.15) is 38.7 Å². The van der Waals surface area contributed by atoms with Crippen LogP contribution < -0.4 is 10.1 Å². The van der Waals surface area contributed by atoms with Crippen molar-refractivity contribution in [3.8, 4) is 16.9 Å². The minimum absolute atomic E-state index is 0.122. The molecule has 8 nitrogen and oxygen atoms in total. The molecule has 2 amide bonds. The number of ether oxygens (including phenoxy) is 1. The quantitative estimate of drug-likeness (QED) is 0.492. The molecule has 0 aliphatic carbocycles. The standard InChI is InChI=1S/C24H24F2N4O4/c1-34-21-8-16(5-6-19(21)17-10-28-29-11-17)24(33)30-13-18(31)9-20(30)14-3-2-4-15(7-14)23(32)27-12-22(25)26/h2-8,10-11,18,20,22,31H,9,12-13H2,1H3,(H,27,32)(H,28,29)/t18?,20-/m1/s1. The maximum Gasteiger partial charge on any atom is 0.255 e. The second-order valence-corrected chi connectivity index (χ2v) is 7.99. The normalized spacial score (nSPS) is 17.7. The highest BCUT2D eigenvalue weighted by atomic mass is 19.3. The van der Waals surface area contributed by atoms with Crippen LogP contribution >= 0.6 is 0 Å². The van der Waals surface area contributed by atoms with Crippen molar-refractivity contribution in [1.82, 2.24) is 20.4 Å². The number of halogens is 2. The first-order chi connectivity index (χ1) is 16.4. The number of nitrogens with zero attached hydrogens (tertiary/aromatic N) is 2. The number of amides is 2. The first kappa shape index (κ1) is 23.4. The number of rotatable bonds is 7. The zero-order valence-electron chi connectivity index (χ0n) is 18.4. The van der Waals surface area contributed by atoms with Crippen molar-refractivity contribution in [1.29, 1.82) is 0 Å². The number of hydrogen-bond donors (Lipinski definition) is 3. The summed E-state index contributed by atoms with van der Waals surface area (Å²) < 4.78 is 30.4. The van der Waals surface area contributed by atoms with Crippen LogP contribution in [0.4, 0.5) is 8.78 Å². The van der Waals surface area contributed by atoms with E-state index in [1.54, 1.807) is 53.7 Å². The molecule has 2 atom stereocenters. The Labute approximate surface area is 194 Å². The number of H-pyrrole nitrogens is 1. The summed E-state index contributed by atoms with van der Waals surface area (Å²) in [7, 11) is 1.51. The second kappa shape index (κ2) is 10.0. The van der Waals surface area contributed by atoms with Gasteiger partial charge in [0.05, 0.1) is 32.0 Å². The van der Waals surface area contributed by atoms with Gasteiger partial charge in [-0.1, -0.05) is 12.1 Å². The number of nitrogens with one attached hydrogen (secondary N) is 2. The van der Waals surface area contributed by atoms with Crippen molar-refractivity contribution >= 4 is 11.8 Å². The Balaban J connectivity index is 1.59. The molecule has 178 valence electrons. The van der Waals surface area contributed by atoms with E-state index in [0.29, 0.717) is 16.9 Å². The molecule has 1 aromatic heterocycles. The lowest BCUT2D eigenvalue weighted by molar-refractivity contribution is 0.0715. The molecule has 1 aliphatic rings. The number of aliphatic hydroxyl groups is 1. The van der Waals surface area contributed by atoms with Gasteiger partial charge in [0.25, 0.3) is 18.2 Å². The van der Waals surface area contributed by atoms with Gasteiger partial charge in [0, 0.05) is 35.0 Å². The van der Waals surface area contributed by atoms with Crippen molar-refractivity contribution in [2.45, 2.75) is 25.0 Å². The summed E-state index contributed by atoms with van der Waals surface area (Å²) in [6.45, 7) is -0.621. The van der Waals surface area contributed by atoms with Crippen LogP contribution in [0.25, 0.3) is 11.1 Å². The van der Waals surface area contributed by atoms with E-state index in [9.17, 15) is 23.5 Å². The first-order valence-corrected chi connectivity index (χ1v) is 10.7. The Kier molecular flexibility index (Phi) is 6.87. The number of carbonyl (C=O) groups excluding carboxylic acids is 2. The van der Waals surface area contributed by atoms with Gasteiger partial charge >= 0.3 is 0 Å². The van der Waals surface area contributed by atoms with E-state index in [1.165, 1.54) is 13.2 Å². The molecule has 10 heteroatoms. The lowest BCUT2D eigenvalue weighted by atomic mass is 10.00. The summed E-state index contributed by atoms with van der Waals surface area (Å²) >= 11 is 0. The largest absolute Gasteiger partial charge is 0.496 e. The molecule has 1 aliphatic heterocycles. The molecule has 1 unspecified atom stereocenters. The molecule has 2 aromatic carbocycles. The fourth-order valence-electron chi connectivity index (χ4n) is 4.14. The van der Waals surface area contributed by atoms with Crippen LogP contribution in [0, 0.1) is 0 Å². The smallest absolute Gasteiger partial charge is 0.255 e. The predicted molar refractivity (Wildman–Crippen MR) is 120 cm³/mol. The van der Waals surface area contributed by atoms with Gasteiger partial charge in [0.2, 0.25) is 0 Å². The molecule has 4 rings (SSSR count). The minimum Gasteiger partial charge on any atom is -0.496 e. The Morgan fingerprint density at radius 3 is 2.79 bits per heavy atom. The molecular formula is C24H24F2N4O4. The molecule has 1 saturated heterocycles. The highest BCUT2D eigenvalue weighted by Crippen LogP contribution is 2.36. The van der Waals surface area contributed by atoms with E-state index in [-0.39, 0.29) is 24.4 Å². The SMILES string of the molecule is COc1cc(C(=O)N2CC(O)C[C@@H]2c2cccc(C(=O)NCC(F)F)c2)ccc1-c1cn[nH]c1. The number of alkyl halides is 2. The van der Waals surface area contributed by atoms with Crippen molar-refractivity contribution in [3.63, 3.8) is 0 Å². The Morgan fingerprint density at radius 1 is 1.26 bits per heavy atom. The molecule has 2 heterocycles. The summed E-state index contributed by atoms with van der Waals surface area (Å²) in [4.78, 5) is 27.2. The van der Waals surface area contributed by atoms with E-state index in [0.717, 1.165) is 11.1 Å². The topological polar surface area (TPSA) is 108 Å². The third kappa shape index (κ3) is 4.91. The molecule has 34 heavy (non-hydrogen) atoms. The summed E-state index contributed by atoms with van der Waals surface area (Å²) in [5.74, 6) is -0.425. The monoisotopic (exact) mass is 470 g/mol. The number of methoxy groups -OCH3 is 1. The molecule has 0 radical (unpaired) electrons. The number of benzene rings is 2. The molecule has 0 bridgehead atoms. The van der Waals surface area contributed by atoms with E-state index in [1.807, 2.05) is 0 Å². The van der Waals surface area contributed by atoms with Crippen LogP contribution in [0.3, 0.4) is 0 Å². The van der Waals surface area contributed by atoms with E-state index in [4.69, 9.17) is 4.74 Å². The predicted octanol–water partition coefficient (Wildman–Crippen LogP) is 3.03. The van der Waals surface area contributed by atoms with Gasteiger partial charge in [-0.25, -0.2) is 8.78 Å². The fraction of sp³-hybridized carbons (Fsp3) is 0.292.